The third kappa shape index (κ3) is 1.75. The number of hydroxylamine groups is 1. The first-order chi connectivity index (χ1) is 6.83. The number of thioether (sulfide) groups is 2. The summed E-state index contributed by atoms with van der Waals surface area (Å²) in [5, 5.41) is 18.0. The molecule has 5 heteroatoms. The molecule has 0 aliphatic carbocycles. The van der Waals surface area contributed by atoms with Crippen LogP contribution in [-0.4, -0.2) is 21.9 Å². The summed E-state index contributed by atoms with van der Waals surface area (Å²) in [5.41, 5.74) is 0.861. The molecule has 1 heterocycles. The number of hydrogen-bond acceptors (Lipinski definition) is 5. The van der Waals surface area contributed by atoms with Gasteiger partial charge in [0.2, 0.25) is 0 Å². The van der Waals surface area contributed by atoms with Crippen molar-refractivity contribution in [1.29, 1.82) is 5.41 Å². The summed E-state index contributed by atoms with van der Waals surface area (Å²) < 4.78 is -0.0194. The minimum absolute atomic E-state index is 0.0194. The molecule has 0 saturated heterocycles. The molecule has 0 saturated carbocycles. The van der Waals surface area contributed by atoms with E-state index in [1.54, 1.807) is 23.5 Å². The second kappa shape index (κ2) is 4.25. The molecule has 2 rings (SSSR count). The fourth-order valence-electron chi connectivity index (χ4n) is 1.25. The standard InChI is InChI=1S/C9H10N2OS2/c10-5-6-13-9-11(12)7-3-1-2-4-8(7)14-9/h1-5,9-10,12H,6H2/t9-/m1/s1. The second-order valence-electron chi connectivity index (χ2n) is 2.77. The summed E-state index contributed by atoms with van der Waals surface area (Å²) in [6.07, 6.45) is 1.35. The van der Waals surface area contributed by atoms with Crippen LogP contribution in [0.4, 0.5) is 5.69 Å². The Balaban J connectivity index is 2.13. The zero-order valence-corrected chi connectivity index (χ0v) is 9.02. The van der Waals surface area contributed by atoms with E-state index in [2.05, 4.69) is 0 Å². The van der Waals surface area contributed by atoms with Crippen molar-refractivity contribution >= 4 is 35.4 Å². The van der Waals surface area contributed by atoms with Crippen LogP contribution in [0.1, 0.15) is 0 Å². The number of rotatable bonds is 3. The maximum atomic E-state index is 9.78. The zero-order chi connectivity index (χ0) is 9.97. The molecular weight excluding hydrogens is 216 g/mol. The first kappa shape index (κ1) is 9.89. The van der Waals surface area contributed by atoms with Gasteiger partial charge in [-0.25, -0.2) is 5.06 Å². The number of fused-ring (bicyclic) bond motifs is 1. The van der Waals surface area contributed by atoms with Crippen molar-refractivity contribution in [2.45, 2.75) is 9.60 Å². The molecule has 2 N–H and O–H groups in total. The zero-order valence-electron chi connectivity index (χ0n) is 7.38. The van der Waals surface area contributed by atoms with Crippen LogP contribution < -0.4 is 5.06 Å². The van der Waals surface area contributed by atoms with E-state index in [1.807, 2.05) is 24.3 Å². The summed E-state index contributed by atoms with van der Waals surface area (Å²) in [7, 11) is 0. The van der Waals surface area contributed by atoms with Crippen LogP contribution in [0.3, 0.4) is 0 Å². The van der Waals surface area contributed by atoms with Crippen molar-refractivity contribution in [2.24, 2.45) is 0 Å². The van der Waals surface area contributed by atoms with Crippen LogP contribution in [0.5, 0.6) is 0 Å². The fraction of sp³-hybridized carbons (Fsp3) is 0.222. The van der Waals surface area contributed by atoms with Crippen LogP contribution >= 0.6 is 23.5 Å². The van der Waals surface area contributed by atoms with Crippen molar-refractivity contribution in [1.82, 2.24) is 0 Å². The number of para-hydroxylation sites is 1. The second-order valence-corrected chi connectivity index (χ2v) is 5.31. The summed E-state index contributed by atoms with van der Waals surface area (Å²) in [6.45, 7) is 0. The predicted octanol–water partition coefficient (Wildman–Crippen LogP) is 2.65. The Bertz CT molecular complexity index is 345. The monoisotopic (exact) mass is 226 g/mol. The lowest BCUT2D eigenvalue weighted by Crippen LogP contribution is -2.22. The normalized spacial score (nSPS) is 19.5. The average Bonchev–Trinajstić information content (AvgIpc) is 2.54. The topological polar surface area (TPSA) is 47.3 Å². The van der Waals surface area contributed by atoms with Gasteiger partial charge < -0.3 is 5.41 Å². The first-order valence-corrected chi connectivity index (χ1v) is 6.10. The average molecular weight is 226 g/mol. The Hall–Kier alpha value is -0.650. The van der Waals surface area contributed by atoms with Gasteiger partial charge in [-0.05, 0) is 12.1 Å². The number of nitrogens with one attached hydrogen (secondary N) is 1. The van der Waals surface area contributed by atoms with Gasteiger partial charge in [-0.2, -0.15) is 0 Å². The Kier molecular flexibility index (Phi) is 3.00. The lowest BCUT2D eigenvalue weighted by Gasteiger charge is -2.17. The Morgan fingerprint density at radius 2 is 2.36 bits per heavy atom. The molecular formula is C9H10N2OS2. The molecule has 1 aromatic carbocycles. The van der Waals surface area contributed by atoms with Gasteiger partial charge in [0, 0.05) is 16.9 Å². The highest BCUT2D eigenvalue weighted by atomic mass is 32.2. The molecule has 0 fully saturated rings. The van der Waals surface area contributed by atoms with Crippen molar-refractivity contribution in [3.8, 4) is 0 Å². The van der Waals surface area contributed by atoms with Crippen LogP contribution in [0, 0.1) is 5.41 Å². The fourth-order valence-corrected chi connectivity index (χ4v) is 3.46. The smallest absolute Gasteiger partial charge is 0.152 e. The van der Waals surface area contributed by atoms with E-state index in [1.165, 1.54) is 11.3 Å². The van der Waals surface area contributed by atoms with E-state index in [0.717, 1.165) is 10.6 Å². The number of nitrogens with zero attached hydrogens (tertiary/aromatic N) is 1. The van der Waals surface area contributed by atoms with E-state index in [-0.39, 0.29) is 4.71 Å². The predicted molar refractivity (Wildman–Crippen MR) is 61.6 cm³/mol. The molecule has 0 aromatic heterocycles. The largest absolute Gasteiger partial charge is 0.312 e. The minimum Gasteiger partial charge on any atom is -0.312 e. The quantitative estimate of drug-likeness (QED) is 0.778. The van der Waals surface area contributed by atoms with Crippen molar-refractivity contribution in [3.05, 3.63) is 24.3 Å². The van der Waals surface area contributed by atoms with E-state index in [4.69, 9.17) is 5.41 Å². The summed E-state index contributed by atoms with van der Waals surface area (Å²) in [5.74, 6) is 0.628. The Morgan fingerprint density at radius 1 is 1.57 bits per heavy atom. The van der Waals surface area contributed by atoms with Gasteiger partial charge >= 0.3 is 0 Å². The molecule has 0 radical (unpaired) electrons. The molecule has 1 atom stereocenters. The number of anilines is 1. The molecule has 1 aliphatic heterocycles. The van der Waals surface area contributed by atoms with Gasteiger partial charge in [-0.15, -0.1) is 11.8 Å². The lowest BCUT2D eigenvalue weighted by atomic mass is 10.3. The van der Waals surface area contributed by atoms with Crippen LogP contribution in [0.2, 0.25) is 0 Å². The van der Waals surface area contributed by atoms with Gasteiger partial charge in [0.25, 0.3) is 0 Å². The maximum Gasteiger partial charge on any atom is 0.152 e. The van der Waals surface area contributed by atoms with Crippen molar-refractivity contribution in [2.75, 3.05) is 10.8 Å². The van der Waals surface area contributed by atoms with Gasteiger partial charge in [-0.1, -0.05) is 23.9 Å². The van der Waals surface area contributed by atoms with Crippen molar-refractivity contribution < 1.29 is 5.21 Å². The van der Waals surface area contributed by atoms with E-state index >= 15 is 0 Å². The number of hydrogen-bond donors (Lipinski definition) is 2. The molecule has 0 unspecified atom stereocenters. The number of benzene rings is 1. The first-order valence-electron chi connectivity index (χ1n) is 4.17. The van der Waals surface area contributed by atoms with E-state index < -0.39 is 0 Å². The molecule has 1 aromatic rings. The Labute approximate surface area is 91.0 Å². The minimum atomic E-state index is -0.0194. The SMILES string of the molecule is N=CCS[C@@H]1Sc2ccccc2N1O. The Morgan fingerprint density at radius 3 is 3.07 bits per heavy atom. The summed E-state index contributed by atoms with van der Waals surface area (Å²) in [4.78, 5) is 1.09. The van der Waals surface area contributed by atoms with Gasteiger partial charge in [0.15, 0.2) is 4.71 Å². The van der Waals surface area contributed by atoms with Gasteiger partial charge in [-0.3, -0.25) is 5.21 Å². The molecule has 0 amide bonds. The van der Waals surface area contributed by atoms with Crippen LogP contribution in [-0.2, 0) is 0 Å². The maximum absolute atomic E-state index is 9.78. The van der Waals surface area contributed by atoms with Gasteiger partial charge in [0.05, 0.1) is 5.69 Å². The van der Waals surface area contributed by atoms with E-state index in [0.29, 0.717) is 5.75 Å². The van der Waals surface area contributed by atoms with Crippen LogP contribution in [0.25, 0.3) is 0 Å². The molecule has 0 bridgehead atoms. The van der Waals surface area contributed by atoms with E-state index in [9.17, 15) is 5.21 Å². The third-order valence-corrected chi connectivity index (χ3v) is 4.40. The summed E-state index contributed by atoms with van der Waals surface area (Å²) in [6, 6.07) is 7.76. The molecule has 1 aliphatic rings. The molecule has 74 valence electrons. The molecule has 0 spiro atoms. The summed E-state index contributed by atoms with van der Waals surface area (Å²) >= 11 is 3.16. The highest BCUT2D eigenvalue weighted by Crippen LogP contribution is 2.46. The highest BCUT2D eigenvalue weighted by Gasteiger charge is 2.28. The highest BCUT2D eigenvalue weighted by molar-refractivity contribution is 8.17. The third-order valence-electron chi connectivity index (χ3n) is 1.86. The lowest BCUT2D eigenvalue weighted by molar-refractivity contribution is 0.268. The molecule has 14 heavy (non-hydrogen) atoms. The molecule has 3 nitrogen and oxygen atoms in total. The van der Waals surface area contributed by atoms with Crippen molar-refractivity contribution in [3.63, 3.8) is 0 Å². The van der Waals surface area contributed by atoms with Gasteiger partial charge in [0.1, 0.15) is 0 Å². The van der Waals surface area contributed by atoms with Crippen LogP contribution in [0.15, 0.2) is 29.2 Å².